The lowest BCUT2D eigenvalue weighted by Crippen LogP contribution is -2.42. The van der Waals surface area contributed by atoms with Crippen LogP contribution in [0.15, 0.2) is 45.9 Å². The standard InChI is InChI=1S/C27H33FN4O5/c1-16(2)29-24(33)22-15-35-25(30-22)20-14-21(17-6-8-19(28)9-7-17)31-37-23(20)18-10-12-32(13-11-18)26(34)36-27(3,4)5/h6-9,15-16,18H,10-14H2,1-5H3,(H,29,33). The van der Waals surface area contributed by atoms with Crippen molar-refractivity contribution in [1.29, 1.82) is 0 Å². The molecule has 2 amide bonds. The maximum Gasteiger partial charge on any atom is 0.410 e. The van der Waals surface area contributed by atoms with Crippen LogP contribution in [-0.4, -0.2) is 52.3 Å². The first-order chi connectivity index (χ1) is 17.5. The van der Waals surface area contributed by atoms with Gasteiger partial charge in [0.1, 0.15) is 23.4 Å². The molecule has 0 aliphatic carbocycles. The Morgan fingerprint density at radius 2 is 1.84 bits per heavy atom. The highest BCUT2D eigenvalue weighted by Gasteiger charge is 2.34. The summed E-state index contributed by atoms with van der Waals surface area (Å²) in [7, 11) is 0. The van der Waals surface area contributed by atoms with Crippen LogP contribution in [-0.2, 0) is 9.57 Å². The van der Waals surface area contributed by atoms with Gasteiger partial charge in [0.2, 0.25) is 5.89 Å². The van der Waals surface area contributed by atoms with Crippen LogP contribution < -0.4 is 5.32 Å². The summed E-state index contributed by atoms with van der Waals surface area (Å²) < 4.78 is 24.7. The summed E-state index contributed by atoms with van der Waals surface area (Å²) in [6.45, 7) is 10.3. The van der Waals surface area contributed by atoms with Crippen LogP contribution in [0.1, 0.15) is 75.8 Å². The number of oxazole rings is 1. The molecular weight excluding hydrogens is 479 g/mol. The number of allylic oxidation sites excluding steroid dienone is 2. The molecule has 1 aromatic carbocycles. The Bertz CT molecular complexity index is 1200. The van der Waals surface area contributed by atoms with Crippen molar-refractivity contribution >= 4 is 23.3 Å². The van der Waals surface area contributed by atoms with Crippen molar-refractivity contribution in [2.24, 2.45) is 11.1 Å². The molecule has 2 aliphatic heterocycles. The second-order valence-electron chi connectivity index (χ2n) is 10.6. The number of ether oxygens (including phenoxy) is 1. The molecule has 3 heterocycles. The highest BCUT2D eigenvalue weighted by atomic mass is 19.1. The normalized spacial score (nSPS) is 16.9. The lowest BCUT2D eigenvalue weighted by Gasteiger charge is -2.34. The van der Waals surface area contributed by atoms with E-state index in [9.17, 15) is 14.0 Å². The van der Waals surface area contributed by atoms with Gasteiger partial charge in [-0.2, -0.15) is 0 Å². The average molecular weight is 513 g/mol. The van der Waals surface area contributed by atoms with Crippen molar-refractivity contribution in [3.05, 3.63) is 59.3 Å². The number of nitrogens with zero attached hydrogens (tertiary/aromatic N) is 3. The number of oxime groups is 1. The maximum atomic E-state index is 13.5. The predicted molar refractivity (Wildman–Crippen MR) is 135 cm³/mol. The number of hydrogen-bond donors (Lipinski definition) is 1. The summed E-state index contributed by atoms with van der Waals surface area (Å²) in [5, 5.41) is 7.13. The molecule has 4 rings (SSSR count). The second-order valence-corrected chi connectivity index (χ2v) is 10.6. The third-order valence-corrected chi connectivity index (χ3v) is 6.01. The number of aromatic nitrogens is 1. The van der Waals surface area contributed by atoms with E-state index < -0.39 is 5.60 Å². The molecule has 0 atom stereocenters. The molecule has 0 bridgehead atoms. The summed E-state index contributed by atoms with van der Waals surface area (Å²) in [4.78, 5) is 37.0. The van der Waals surface area contributed by atoms with Gasteiger partial charge in [-0.15, -0.1) is 0 Å². The number of likely N-dealkylation sites (tertiary alicyclic amines) is 1. The summed E-state index contributed by atoms with van der Waals surface area (Å²) in [6.07, 6.45) is 2.60. The van der Waals surface area contributed by atoms with Gasteiger partial charge in [-0.25, -0.2) is 14.2 Å². The molecule has 9 nitrogen and oxygen atoms in total. The van der Waals surface area contributed by atoms with E-state index in [1.807, 2.05) is 34.6 Å². The summed E-state index contributed by atoms with van der Waals surface area (Å²) >= 11 is 0. The van der Waals surface area contributed by atoms with Gasteiger partial charge in [0.15, 0.2) is 5.69 Å². The number of halogens is 1. The number of rotatable bonds is 5. The summed E-state index contributed by atoms with van der Waals surface area (Å²) in [6, 6.07) is 5.95. The lowest BCUT2D eigenvalue weighted by atomic mass is 9.89. The second kappa shape index (κ2) is 10.7. The zero-order chi connectivity index (χ0) is 26.7. The molecule has 2 aliphatic rings. The molecule has 1 saturated heterocycles. The number of carbonyl (C=O) groups is 2. The monoisotopic (exact) mass is 512 g/mol. The third-order valence-electron chi connectivity index (χ3n) is 6.01. The van der Waals surface area contributed by atoms with Gasteiger partial charge < -0.3 is 24.2 Å². The Morgan fingerprint density at radius 1 is 1.16 bits per heavy atom. The predicted octanol–water partition coefficient (Wildman–Crippen LogP) is 5.13. The largest absolute Gasteiger partial charge is 0.444 e. The quantitative estimate of drug-likeness (QED) is 0.595. The molecule has 0 spiro atoms. The van der Waals surface area contributed by atoms with Crippen LogP contribution in [0.25, 0.3) is 5.57 Å². The number of piperidine rings is 1. The van der Waals surface area contributed by atoms with Gasteiger partial charge in [-0.1, -0.05) is 17.3 Å². The van der Waals surface area contributed by atoms with E-state index in [0.29, 0.717) is 55.0 Å². The van der Waals surface area contributed by atoms with Crippen LogP contribution in [0.4, 0.5) is 9.18 Å². The lowest BCUT2D eigenvalue weighted by molar-refractivity contribution is 0.0172. The minimum atomic E-state index is -0.563. The van der Waals surface area contributed by atoms with Crippen LogP contribution in [0.3, 0.4) is 0 Å². The number of amides is 2. The van der Waals surface area contributed by atoms with Crippen molar-refractivity contribution in [2.45, 2.75) is 65.5 Å². The van der Waals surface area contributed by atoms with Gasteiger partial charge >= 0.3 is 6.09 Å². The van der Waals surface area contributed by atoms with Crippen molar-refractivity contribution in [3.8, 4) is 0 Å². The molecule has 1 N–H and O–H groups in total. The highest BCUT2D eigenvalue weighted by molar-refractivity contribution is 6.06. The highest BCUT2D eigenvalue weighted by Crippen LogP contribution is 2.37. The molecule has 0 radical (unpaired) electrons. The Morgan fingerprint density at radius 3 is 2.46 bits per heavy atom. The van der Waals surface area contributed by atoms with Gasteiger partial charge in [0.05, 0.1) is 11.3 Å². The molecule has 2 aromatic rings. The smallest absolute Gasteiger partial charge is 0.410 e. The number of benzene rings is 1. The number of hydrogen-bond acceptors (Lipinski definition) is 7. The molecule has 1 fully saturated rings. The molecule has 10 heteroatoms. The molecule has 0 unspecified atom stereocenters. The zero-order valence-electron chi connectivity index (χ0n) is 21.8. The van der Waals surface area contributed by atoms with E-state index >= 15 is 0 Å². The van der Waals surface area contributed by atoms with Crippen molar-refractivity contribution in [1.82, 2.24) is 15.2 Å². The molecular formula is C27H33FN4O5. The van der Waals surface area contributed by atoms with Crippen LogP contribution in [0, 0.1) is 11.7 Å². The first-order valence-corrected chi connectivity index (χ1v) is 12.5. The number of nitrogens with one attached hydrogen (secondary N) is 1. The fourth-order valence-corrected chi connectivity index (χ4v) is 4.25. The van der Waals surface area contributed by atoms with Crippen molar-refractivity contribution < 1.29 is 28.0 Å². The number of carbonyl (C=O) groups excluding carboxylic acids is 2. The van der Waals surface area contributed by atoms with E-state index in [-0.39, 0.29) is 41.4 Å². The first-order valence-electron chi connectivity index (χ1n) is 12.5. The maximum absolute atomic E-state index is 13.5. The van der Waals surface area contributed by atoms with Crippen LogP contribution in [0.5, 0.6) is 0 Å². The van der Waals surface area contributed by atoms with E-state index in [1.165, 1.54) is 18.4 Å². The minimum absolute atomic E-state index is 0.0351. The van der Waals surface area contributed by atoms with E-state index in [2.05, 4.69) is 15.5 Å². The van der Waals surface area contributed by atoms with Gasteiger partial charge in [0, 0.05) is 31.5 Å². The topological polar surface area (TPSA) is 106 Å². The molecule has 37 heavy (non-hydrogen) atoms. The first kappa shape index (κ1) is 26.4. The summed E-state index contributed by atoms with van der Waals surface area (Å²) in [5.41, 5.74) is 1.58. The molecule has 198 valence electrons. The fraction of sp³-hybridized carbons (Fsp3) is 0.481. The van der Waals surface area contributed by atoms with E-state index in [4.69, 9.17) is 14.0 Å². The summed E-state index contributed by atoms with van der Waals surface area (Å²) in [5.74, 6) is 0.164. The van der Waals surface area contributed by atoms with Gasteiger partial charge in [0.25, 0.3) is 5.91 Å². The van der Waals surface area contributed by atoms with Crippen molar-refractivity contribution in [3.63, 3.8) is 0 Å². The molecule has 0 saturated carbocycles. The van der Waals surface area contributed by atoms with E-state index in [1.54, 1.807) is 17.0 Å². The van der Waals surface area contributed by atoms with Crippen LogP contribution in [0.2, 0.25) is 0 Å². The average Bonchev–Trinajstić information content (AvgIpc) is 3.33. The Balaban J connectivity index is 1.58. The minimum Gasteiger partial charge on any atom is -0.444 e. The van der Waals surface area contributed by atoms with E-state index in [0.717, 1.165) is 0 Å². The fourth-order valence-electron chi connectivity index (χ4n) is 4.25. The Hall–Kier alpha value is -3.69. The van der Waals surface area contributed by atoms with Gasteiger partial charge in [-0.05, 0) is 65.2 Å². The molecule has 1 aromatic heterocycles. The van der Waals surface area contributed by atoms with Crippen molar-refractivity contribution in [2.75, 3.05) is 13.1 Å². The SMILES string of the molecule is CC(C)NC(=O)c1coc(C2=C(C3CCN(C(=O)OC(C)(C)C)CC3)ON=C(c3ccc(F)cc3)C2)n1. The Labute approximate surface area is 215 Å². The third kappa shape index (κ3) is 6.55. The van der Waals surface area contributed by atoms with Crippen LogP contribution >= 0.6 is 0 Å². The zero-order valence-corrected chi connectivity index (χ0v) is 21.8. The van der Waals surface area contributed by atoms with Gasteiger partial charge in [-0.3, -0.25) is 4.79 Å². The Kier molecular flexibility index (Phi) is 7.65.